The molecule has 0 unspecified atom stereocenters. The summed E-state index contributed by atoms with van der Waals surface area (Å²) >= 11 is 0. The Morgan fingerprint density at radius 2 is 0.889 bits per heavy atom. The number of carbonyl (C=O) groups excluding carboxylic acids is 6. The number of ketones is 2. The number of rotatable bonds is 12. The smallest absolute Gasteiger partial charge is 0.255 e. The van der Waals surface area contributed by atoms with Gasteiger partial charge in [-0.05, 0) is 73.2 Å². The van der Waals surface area contributed by atoms with Crippen LogP contribution in [0, 0.1) is 0 Å². The van der Waals surface area contributed by atoms with Crippen molar-refractivity contribution in [1.82, 2.24) is 9.80 Å². The molecule has 6 rings (SSSR count). The van der Waals surface area contributed by atoms with Crippen molar-refractivity contribution >= 4 is 58.7 Å². The summed E-state index contributed by atoms with van der Waals surface area (Å²) in [5, 5.41) is 5.89. The van der Waals surface area contributed by atoms with Crippen LogP contribution in [0.5, 0.6) is 0 Å². The van der Waals surface area contributed by atoms with E-state index in [1.54, 1.807) is 72.2 Å². The molecule has 2 saturated heterocycles. The van der Waals surface area contributed by atoms with Gasteiger partial charge in [0.05, 0.1) is 11.1 Å². The van der Waals surface area contributed by atoms with Crippen molar-refractivity contribution < 1.29 is 28.8 Å². The molecule has 10 nitrogen and oxygen atoms in total. The van der Waals surface area contributed by atoms with Crippen LogP contribution in [-0.2, 0) is 9.59 Å². The summed E-state index contributed by atoms with van der Waals surface area (Å²) in [5.41, 5.74) is 4.46. The van der Waals surface area contributed by atoms with Gasteiger partial charge in [-0.25, -0.2) is 0 Å². The number of nitrogens with one attached hydrogen (secondary N) is 2. The summed E-state index contributed by atoms with van der Waals surface area (Å²) in [4.78, 5) is 81.6. The molecule has 0 spiro atoms. The predicted molar refractivity (Wildman–Crippen MR) is 209 cm³/mol. The lowest BCUT2D eigenvalue weighted by atomic mass is 10.0. The first-order valence-electron chi connectivity index (χ1n) is 18.5. The number of hydrogen-bond acceptors (Lipinski definition) is 6. The van der Waals surface area contributed by atoms with Gasteiger partial charge in [-0.3, -0.25) is 28.8 Å². The highest BCUT2D eigenvalue weighted by Crippen LogP contribution is 2.26. The monoisotopic (exact) mass is 724 g/mol. The summed E-state index contributed by atoms with van der Waals surface area (Å²) in [7, 11) is 0. The van der Waals surface area contributed by atoms with Crippen LogP contribution < -0.4 is 10.6 Å². The molecular weight excluding hydrogens is 681 g/mol. The molecule has 0 bridgehead atoms. The van der Waals surface area contributed by atoms with E-state index in [9.17, 15) is 28.8 Å². The van der Waals surface area contributed by atoms with Gasteiger partial charge in [0.15, 0.2) is 11.6 Å². The molecule has 2 heterocycles. The highest BCUT2D eigenvalue weighted by Gasteiger charge is 2.37. The third-order valence-corrected chi connectivity index (χ3v) is 10.0. The third-order valence-electron chi connectivity index (χ3n) is 10.0. The molecule has 54 heavy (non-hydrogen) atoms. The number of amides is 4. The number of carbonyl (C=O) groups is 6. The predicted octanol–water partition coefficient (Wildman–Crippen LogP) is 7.53. The molecule has 2 aliphatic heterocycles. The fourth-order valence-corrected chi connectivity index (χ4v) is 7.08. The first kappa shape index (κ1) is 37.6. The molecule has 4 aromatic carbocycles. The maximum Gasteiger partial charge on any atom is 0.255 e. The SMILES string of the molecule is CCC(=O)c1ccccc1C(=O)N1CCC[C@H]1C(=O)Nc1ccc(/C=C/c2ccc(NC(=O)[C@@H]3CCCN3C(=O)c3ccccc3C(=O)CC)cc2)cc1. The minimum absolute atomic E-state index is 0.109. The number of hydrogen-bond donors (Lipinski definition) is 2. The van der Waals surface area contributed by atoms with Crippen molar-refractivity contribution in [2.45, 2.75) is 64.5 Å². The molecule has 2 aliphatic rings. The van der Waals surface area contributed by atoms with Crippen LogP contribution in [-0.4, -0.2) is 70.2 Å². The second-order valence-corrected chi connectivity index (χ2v) is 13.5. The van der Waals surface area contributed by atoms with Crippen LogP contribution in [0.25, 0.3) is 12.2 Å². The Balaban J connectivity index is 1.03. The van der Waals surface area contributed by atoms with Crippen molar-refractivity contribution in [3.8, 4) is 0 Å². The molecule has 2 atom stereocenters. The molecule has 276 valence electrons. The van der Waals surface area contributed by atoms with E-state index in [1.165, 1.54) is 0 Å². The fourth-order valence-electron chi connectivity index (χ4n) is 7.08. The molecule has 2 N–H and O–H groups in total. The lowest BCUT2D eigenvalue weighted by Gasteiger charge is -2.25. The summed E-state index contributed by atoms with van der Waals surface area (Å²) < 4.78 is 0. The number of likely N-dealkylation sites (tertiary alicyclic amines) is 2. The topological polar surface area (TPSA) is 133 Å². The van der Waals surface area contributed by atoms with E-state index in [0.717, 1.165) is 11.1 Å². The fraction of sp³-hybridized carbons (Fsp3) is 0.273. The van der Waals surface area contributed by atoms with Gasteiger partial charge in [0, 0.05) is 48.4 Å². The van der Waals surface area contributed by atoms with E-state index >= 15 is 0 Å². The van der Waals surface area contributed by atoms with Crippen LogP contribution in [0.4, 0.5) is 11.4 Å². The number of Topliss-reactive ketones (excluding diaryl/α,β-unsaturated/α-hetero) is 2. The largest absolute Gasteiger partial charge is 0.327 e. The van der Waals surface area contributed by atoms with Crippen molar-refractivity contribution in [3.05, 3.63) is 130 Å². The zero-order valence-corrected chi connectivity index (χ0v) is 30.5. The number of benzene rings is 4. The Morgan fingerprint density at radius 1 is 0.537 bits per heavy atom. The van der Waals surface area contributed by atoms with Crippen molar-refractivity contribution in [1.29, 1.82) is 0 Å². The molecule has 2 fully saturated rings. The Kier molecular flexibility index (Phi) is 11.9. The Hall–Kier alpha value is -6.16. The summed E-state index contributed by atoms with van der Waals surface area (Å²) in [5.74, 6) is -1.37. The summed E-state index contributed by atoms with van der Waals surface area (Å²) in [6.45, 7) is 4.41. The average Bonchev–Trinajstić information content (AvgIpc) is 3.91. The van der Waals surface area contributed by atoms with Crippen LogP contribution >= 0.6 is 0 Å². The van der Waals surface area contributed by atoms with Crippen LogP contribution in [0.1, 0.15) is 105 Å². The van der Waals surface area contributed by atoms with E-state index in [4.69, 9.17) is 0 Å². The molecule has 10 heteroatoms. The molecule has 4 aromatic rings. The molecule has 0 aromatic heterocycles. The van der Waals surface area contributed by atoms with Crippen LogP contribution in [0.3, 0.4) is 0 Å². The van der Waals surface area contributed by atoms with Gasteiger partial charge < -0.3 is 20.4 Å². The van der Waals surface area contributed by atoms with Gasteiger partial charge in [0.25, 0.3) is 11.8 Å². The van der Waals surface area contributed by atoms with Gasteiger partial charge in [-0.15, -0.1) is 0 Å². The zero-order chi connectivity index (χ0) is 38.2. The molecule has 0 radical (unpaired) electrons. The van der Waals surface area contributed by atoms with Crippen molar-refractivity contribution in [3.63, 3.8) is 0 Å². The Bertz CT molecular complexity index is 1940. The second-order valence-electron chi connectivity index (χ2n) is 13.5. The Labute approximate surface area is 315 Å². The van der Waals surface area contributed by atoms with Gasteiger partial charge >= 0.3 is 0 Å². The molecular formula is C44H44N4O6. The standard InChI is InChI=1S/C44H44N4O6/c1-3-39(49)33-11-5-7-13-35(33)43(53)47-27-9-15-37(47)41(51)45-31-23-19-29(20-24-31)17-18-30-21-25-32(26-22-30)46-42(52)38-16-10-28-48(38)44(54)36-14-8-6-12-34(36)40(50)4-2/h5-8,11-14,17-26,37-38H,3-4,9-10,15-16,27-28H2,1-2H3,(H,45,51)(H,46,52)/b18-17+/t37-,38-/m0/s1. The maximum absolute atomic E-state index is 13.5. The average molecular weight is 725 g/mol. The Morgan fingerprint density at radius 3 is 1.24 bits per heavy atom. The van der Waals surface area contributed by atoms with Crippen LogP contribution in [0.15, 0.2) is 97.1 Å². The van der Waals surface area contributed by atoms with E-state index in [1.807, 2.05) is 60.7 Å². The van der Waals surface area contributed by atoms with Gasteiger partial charge in [-0.2, -0.15) is 0 Å². The third kappa shape index (κ3) is 8.39. The molecule has 0 saturated carbocycles. The van der Waals surface area contributed by atoms with E-state index < -0.39 is 12.1 Å². The van der Waals surface area contributed by atoms with Gasteiger partial charge in [0.2, 0.25) is 11.8 Å². The number of nitrogens with zero attached hydrogens (tertiary/aromatic N) is 2. The van der Waals surface area contributed by atoms with Gasteiger partial charge in [-0.1, -0.05) is 86.7 Å². The first-order valence-corrected chi connectivity index (χ1v) is 18.5. The lowest BCUT2D eigenvalue weighted by molar-refractivity contribution is -0.120. The molecule has 4 amide bonds. The lowest BCUT2D eigenvalue weighted by Crippen LogP contribution is -2.43. The zero-order valence-electron chi connectivity index (χ0n) is 30.5. The quantitative estimate of drug-likeness (QED) is 0.115. The highest BCUT2D eigenvalue weighted by atomic mass is 16.2. The van der Waals surface area contributed by atoms with Crippen molar-refractivity contribution in [2.75, 3.05) is 23.7 Å². The van der Waals surface area contributed by atoms with E-state index in [2.05, 4.69) is 10.6 Å². The second kappa shape index (κ2) is 17.1. The van der Waals surface area contributed by atoms with Gasteiger partial charge in [0.1, 0.15) is 12.1 Å². The van der Waals surface area contributed by atoms with E-state index in [-0.39, 0.29) is 35.2 Å². The van der Waals surface area contributed by atoms with E-state index in [0.29, 0.717) is 85.2 Å². The normalized spacial score (nSPS) is 16.7. The van der Waals surface area contributed by atoms with Crippen molar-refractivity contribution in [2.24, 2.45) is 0 Å². The minimum Gasteiger partial charge on any atom is -0.327 e. The molecule has 0 aliphatic carbocycles. The maximum atomic E-state index is 13.5. The summed E-state index contributed by atoms with van der Waals surface area (Å²) in [6, 6.07) is 27.1. The first-order chi connectivity index (χ1) is 26.2. The highest BCUT2D eigenvalue weighted by molar-refractivity contribution is 6.10. The van der Waals surface area contributed by atoms with Crippen LogP contribution in [0.2, 0.25) is 0 Å². The minimum atomic E-state index is -0.630. The summed E-state index contributed by atoms with van der Waals surface area (Å²) in [6.07, 6.45) is 6.94. The number of anilines is 2.